The number of nitrogens with zero attached hydrogens (tertiary/aromatic N) is 1. The second-order valence-electron chi connectivity index (χ2n) is 29.9. The number of unbranched alkanes of at least 4 members (excludes halogenated alkanes) is 3. The molecule has 0 radical (unpaired) electrons. The van der Waals surface area contributed by atoms with E-state index in [1.165, 1.54) is 26.0 Å². The molecule has 3 fully saturated rings. The van der Waals surface area contributed by atoms with Crippen molar-refractivity contribution >= 4 is 62.1 Å². The molecule has 3 aliphatic heterocycles. The minimum Gasteiger partial charge on any atom is -0.427 e. The first-order chi connectivity index (χ1) is 45.7. The van der Waals surface area contributed by atoms with Crippen molar-refractivity contribution < 1.29 is 80.2 Å². The van der Waals surface area contributed by atoms with Crippen molar-refractivity contribution in [2.75, 3.05) is 52.8 Å². The number of hydrogen-bond donors (Lipinski definition) is 6. The van der Waals surface area contributed by atoms with Crippen LogP contribution < -0.4 is 21.3 Å². The topological polar surface area (TPSA) is 272 Å². The maximum atomic E-state index is 13.7. The largest absolute Gasteiger partial charge is 0.455 e. The molecular formula is C74H113BF3N5O14Si. The van der Waals surface area contributed by atoms with Crippen LogP contribution in [0.25, 0.3) is 0 Å². The normalized spacial score (nSPS) is 19.0. The summed E-state index contributed by atoms with van der Waals surface area (Å²) in [6, 6.07) is 21.8. The number of ketones is 5. The summed E-state index contributed by atoms with van der Waals surface area (Å²) < 4.78 is 62.0. The van der Waals surface area contributed by atoms with Crippen molar-refractivity contribution in [2.24, 2.45) is 23.7 Å². The summed E-state index contributed by atoms with van der Waals surface area (Å²) in [6.45, 7) is 33.4. The van der Waals surface area contributed by atoms with Crippen LogP contribution in [0.5, 0.6) is 0 Å². The average Bonchev–Trinajstić information content (AvgIpc) is 1.61. The molecule has 24 heteroatoms. The van der Waals surface area contributed by atoms with Crippen LogP contribution in [-0.4, -0.2) is 165 Å². The zero-order valence-corrected chi connectivity index (χ0v) is 61.8. The molecule has 0 saturated carbocycles. The summed E-state index contributed by atoms with van der Waals surface area (Å²) in [5.74, 6) is -3.65. The van der Waals surface area contributed by atoms with Crippen molar-refractivity contribution in [1.82, 2.24) is 26.2 Å². The Morgan fingerprint density at radius 1 is 0.694 bits per heavy atom. The van der Waals surface area contributed by atoms with Crippen molar-refractivity contribution in [3.05, 3.63) is 107 Å². The molecule has 3 saturated heterocycles. The quantitative estimate of drug-likeness (QED) is 0.0177. The average molecular weight is 1390 g/mol. The van der Waals surface area contributed by atoms with Gasteiger partial charge in [0.2, 0.25) is 11.8 Å². The number of amides is 3. The van der Waals surface area contributed by atoms with Gasteiger partial charge in [0.15, 0.2) is 31.3 Å². The molecule has 3 aromatic carbocycles. The Kier molecular flexibility index (Phi) is 33.5. The van der Waals surface area contributed by atoms with Gasteiger partial charge in [-0.15, -0.1) is 0 Å². The van der Waals surface area contributed by atoms with Crippen LogP contribution in [0.4, 0.5) is 13.2 Å². The smallest absolute Gasteiger partial charge is 0.427 e. The molecule has 546 valence electrons. The minimum atomic E-state index is -4.70. The lowest BCUT2D eigenvalue weighted by Crippen LogP contribution is -2.52. The van der Waals surface area contributed by atoms with E-state index in [1.807, 2.05) is 95.3 Å². The van der Waals surface area contributed by atoms with Gasteiger partial charge in [0.25, 0.3) is 5.91 Å². The van der Waals surface area contributed by atoms with Gasteiger partial charge in [0.1, 0.15) is 17.2 Å². The van der Waals surface area contributed by atoms with Gasteiger partial charge in [-0.05, 0) is 113 Å². The number of nitrogens with one attached hydrogen (secondary N) is 4. The maximum Gasteiger partial charge on any atom is 0.455 e. The number of rotatable bonds is 38. The Morgan fingerprint density at radius 2 is 1.24 bits per heavy atom. The Morgan fingerprint density at radius 3 is 1.77 bits per heavy atom. The molecule has 3 amide bonds. The highest BCUT2D eigenvalue weighted by Crippen LogP contribution is 2.40. The van der Waals surface area contributed by atoms with Gasteiger partial charge in [0.05, 0.1) is 67.8 Å². The van der Waals surface area contributed by atoms with Crippen LogP contribution in [0.15, 0.2) is 84.9 Å². The summed E-state index contributed by atoms with van der Waals surface area (Å²) in [6.07, 6.45) is 1.78. The van der Waals surface area contributed by atoms with E-state index in [0.717, 1.165) is 62.0 Å². The molecule has 0 aromatic heterocycles. The van der Waals surface area contributed by atoms with Crippen LogP contribution in [0.2, 0.25) is 23.9 Å². The van der Waals surface area contributed by atoms with Crippen molar-refractivity contribution in [3.63, 3.8) is 0 Å². The zero-order chi connectivity index (χ0) is 73.4. The summed E-state index contributed by atoms with van der Waals surface area (Å²) >= 11 is 0. The van der Waals surface area contributed by atoms with Gasteiger partial charge in [-0.25, -0.2) is 0 Å². The van der Waals surface area contributed by atoms with E-state index >= 15 is 0 Å². The number of ether oxygens (including phenoxy) is 3. The van der Waals surface area contributed by atoms with Crippen LogP contribution in [0.3, 0.4) is 0 Å². The predicted octanol–water partition coefficient (Wildman–Crippen LogP) is 10.7. The number of halogens is 3. The number of alkyl halides is 3. The number of morpholine rings is 1. The summed E-state index contributed by atoms with van der Waals surface area (Å²) in [5.41, 5.74) is -3.04. The predicted molar refractivity (Wildman–Crippen MR) is 376 cm³/mol. The number of benzene rings is 3. The number of carbonyl (C=O) groups excluding carboxylic acids is 8. The van der Waals surface area contributed by atoms with E-state index in [0.29, 0.717) is 65.2 Å². The highest BCUT2D eigenvalue weighted by molar-refractivity contribution is 6.74. The Labute approximate surface area is 581 Å². The first kappa shape index (κ1) is 84.6. The molecule has 6 N–H and O–H groups in total. The molecule has 0 bridgehead atoms. The van der Waals surface area contributed by atoms with Crippen molar-refractivity contribution in [2.45, 2.75) is 232 Å². The van der Waals surface area contributed by atoms with E-state index in [9.17, 15) is 61.6 Å². The van der Waals surface area contributed by atoms with Crippen LogP contribution in [0.1, 0.15) is 181 Å². The molecular weight excluding hydrogens is 1280 g/mol. The first-order valence-electron chi connectivity index (χ1n) is 34.9. The van der Waals surface area contributed by atoms with Crippen molar-refractivity contribution in [3.8, 4) is 0 Å². The second-order valence-corrected chi connectivity index (χ2v) is 34.7. The molecule has 3 heterocycles. The standard InChI is InChI=1S/C30H39N3O5.C26H49NO5Si.C18H25BF3NO4/c1-22(31-21-33-13-15-37-16-14-33)27(34)19-25(17-23-9-5-3-6-10-23)29(36)32-26(28(35)30(2)20-38-30)18-24-11-7-4-8-12-24;1-10-11-12-13-14-21(28)16-20(4)24(30)27-22(15-19(2)3)23(29)26(17-31-26)18-32-33(8,9)25(5,6)7;1-11(2)9-12(19(26)27)10-15(24)17(3,4)23-16(25)13-7-5-6-8-14(13)18(20,21)22/h3-12,22,25-26,31H,13-21H2,1-2H3,(H,32,36);19-20,22H,10-18H2,1-9H3,(H,27,30);5-8,11-12,26-27H,9-10H2,1-4H3,(H,23,25)/t22-,25+,26-,30+;20-,22+,26+;12-/m011/s1. The van der Waals surface area contributed by atoms with E-state index < -0.39 is 96.9 Å². The third kappa shape index (κ3) is 28.3. The van der Waals surface area contributed by atoms with Gasteiger partial charge >= 0.3 is 13.3 Å². The lowest BCUT2D eigenvalue weighted by molar-refractivity contribution is -0.138. The molecule has 0 spiro atoms. The fraction of sp³-hybridized carbons (Fsp3) is 0.649. The molecule has 6 rings (SSSR count). The monoisotopic (exact) mass is 1390 g/mol. The Bertz CT molecular complexity index is 3040. The fourth-order valence-electron chi connectivity index (χ4n) is 11.0. The Balaban J connectivity index is 0.000000317. The highest BCUT2D eigenvalue weighted by Gasteiger charge is 2.56. The molecule has 3 aliphatic rings. The van der Waals surface area contributed by atoms with Gasteiger partial charge < -0.3 is 44.6 Å². The van der Waals surface area contributed by atoms with Crippen molar-refractivity contribution in [1.29, 1.82) is 0 Å². The van der Waals surface area contributed by atoms with Crippen LogP contribution >= 0.6 is 0 Å². The lowest BCUT2D eigenvalue weighted by Gasteiger charge is -2.37. The maximum absolute atomic E-state index is 13.7. The molecule has 0 unspecified atom stereocenters. The highest BCUT2D eigenvalue weighted by atomic mass is 28.4. The molecule has 98 heavy (non-hydrogen) atoms. The minimum absolute atomic E-state index is 0.0298. The lowest BCUT2D eigenvalue weighted by atomic mass is 9.65. The second kappa shape index (κ2) is 38.8. The van der Waals surface area contributed by atoms with Gasteiger partial charge in [-0.3, -0.25) is 48.6 Å². The van der Waals surface area contributed by atoms with E-state index in [1.54, 1.807) is 13.8 Å². The van der Waals surface area contributed by atoms with E-state index in [-0.39, 0.29) is 77.7 Å². The third-order valence-electron chi connectivity index (χ3n) is 18.7. The van der Waals surface area contributed by atoms with Crippen LogP contribution in [0, 0.1) is 23.7 Å². The molecule has 0 aliphatic carbocycles. The number of hydrogen-bond acceptors (Lipinski definition) is 16. The summed E-state index contributed by atoms with van der Waals surface area (Å²) in [4.78, 5) is 106. The molecule has 3 aromatic rings. The Hall–Kier alpha value is -5.83. The molecule has 19 nitrogen and oxygen atoms in total. The number of Topliss-reactive ketones (excluding diaryl/α,β-unsaturated/α-hetero) is 5. The third-order valence-corrected chi connectivity index (χ3v) is 23.1. The van der Waals surface area contributed by atoms with Gasteiger partial charge in [-0.1, -0.05) is 154 Å². The first-order valence-corrected chi connectivity index (χ1v) is 37.8. The zero-order valence-electron chi connectivity index (χ0n) is 60.8. The van der Waals surface area contributed by atoms with E-state index in [2.05, 4.69) is 67.0 Å². The van der Waals surface area contributed by atoms with Gasteiger partial charge in [0, 0.05) is 63.1 Å². The van der Waals surface area contributed by atoms with Gasteiger partial charge in [-0.2, -0.15) is 13.2 Å². The number of epoxide rings is 2. The SMILES string of the molecule is CC(C)C[C@H](CC(=O)C(C)(C)NC(=O)c1ccccc1C(F)(F)F)B(O)O.CCCCCCC(=O)C[C@@H](C)C(=O)N[C@@H](CC(C)C)C(=O)[C@@]1(CO[Si](C)(C)C(C)(C)C)CO1.C[C@H](NCN1CCOCC1)C(=O)C[C@@H](Cc1ccccc1)C(=O)N[C@@H](Cc1ccccc1)C(=O)[C@@]1(C)CO1. The summed E-state index contributed by atoms with van der Waals surface area (Å²) in [7, 11) is -3.73. The fourth-order valence-corrected chi connectivity index (χ4v) is 12.0. The van der Waals surface area contributed by atoms with Crippen LogP contribution in [-0.2, 0) is 71.2 Å². The van der Waals surface area contributed by atoms with E-state index in [4.69, 9.17) is 18.6 Å². The number of carbonyl (C=O) groups is 8. The molecule has 8 atom stereocenters. The summed E-state index contributed by atoms with van der Waals surface area (Å²) in [5, 5.41) is 30.5.